The number of carboxylic acids is 1. The van der Waals surface area contributed by atoms with Crippen molar-refractivity contribution in [2.24, 2.45) is 0 Å². The minimum atomic E-state index is -0.870. The van der Waals surface area contributed by atoms with Gasteiger partial charge in [0.2, 0.25) is 0 Å². The average molecular weight is 276 g/mol. The highest BCUT2D eigenvalue weighted by atomic mass is 16.5. The van der Waals surface area contributed by atoms with Gasteiger partial charge in [0.25, 0.3) is 0 Å². The summed E-state index contributed by atoms with van der Waals surface area (Å²) in [5, 5.41) is 8.98. The molecule has 1 aromatic carbocycles. The Hall–Kier alpha value is -1.51. The van der Waals surface area contributed by atoms with Gasteiger partial charge < -0.3 is 9.84 Å². The number of aryl methyl sites for hydroxylation is 1. The highest BCUT2D eigenvalue weighted by molar-refractivity contribution is 5.88. The number of unbranched alkanes of at least 4 members (excludes halogenated alkanes) is 4. The van der Waals surface area contributed by atoms with Crippen LogP contribution < -0.4 is 4.74 Å². The third-order valence-electron chi connectivity index (χ3n) is 3.97. The van der Waals surface area contributed by atoms with Crippen molar-refractivity contribution in [3.63, 3.8) is 0 Å². The molecule has 0 bridgehead atoms. The molecule has 20 heavy (non-hydrogen) atoms. The zero-order valence-electron chi connectivity index (χ0n) is 12.2. The van der Waals surface area contributed by atoms with Gasteiger partial charge in [0, 0.05) is 0 Å². The van der Waals surface area contributed by atoms with Crippen LogP contribution in [0.25, 0.3) is 0 Å². The van der Waals surface area contributed by atoms with E-state index in [1.807, 2.05) is 6.07 Å². The maximum absolute atomic E-state index is 10.9. The van der Waals surface area contributed by atoms with Crippen LogP contribution in [0.3, 0.4) is 0 Å². The smallest absolute Gasteiger partial charge is 0.335 e. The molecule has 0 aliphatic carbocycles. The first kappa shape index (κ1) is 14.9. The molecule has 1 aliphatic rings. The van der Waals surface area contributed by atoms with Gasteiger partial charge in [0.1, 0.15) is 5.75 Å². The SMILES string of the molecule is CCCCCCC[C@@H]1CCc2cc(C(=O)O)ccc2O1. The summed E-state index contributed by atoms with van der Waals surface area (Å²) in [6.07, 6.45) is 9.79. The number of rotatable bonds is 7. The highest BCUT2D eigenvalue weighted by Crippen LogP contribution is 2.30. The van der Waals surface area contributed by atoms with E-state index in [9.17, 15) is 4.79 Å². The molecule has 3 nitrogen and oxygen atoms in total. The lowest BCUT2D eigenvalue weighted by Gasteiger charge is -2.26. The van der Waals surface area contributed by atoms with Gasteiger partial charge in [0.05, 0.1) is 11.7 Å². The van der Waals surface area contributed by atoms with E-state index >= 15 is 0 Å². The highest BCUT2D eigenvalue weighted by Gasteiger charge is 2.20. The third kappa shape index (κ3) is 3.99. The van der Waals surface area contributed by atoms with Crippen molar-refractivity contribution in [3.8, 4) is 5.75 Å². The fraction of sp³-hybridized carbons (Fsp3) is 0.588. The topological polar surface area (TPSA) is 46.5 Å². The van der Waals surface area contributed by atoms with Crippen LogP contribution in [-0.2, 0) is 6.42 Å². The van der Waals surface area contributed by atoms with E-state index in [1.54, 1.807) is 12.1 Å². The van der Waals surface area contributed by atoms with Crippen LogP contribution in [0.2, 0.25) is 0 Å². The van der Waals surface area contributed by atoms with Gasteiger partial charge in [-0.05, 0) is 49.4 Å². The van der Waals surface area contributed by atoms with E-state index in [1.165, 1.54) is 32.1 Å². The first-order valence-electron chi connectivity index (χ1n) is 7.73. The second-order valence-electron chi connectivity index (χ2n) is 5.61. The summed E-state index contributed by atoms with van der Waals surface area (Å²) in [5.41, 5.74) is 1.39. The Labute approximate surface area is 121 Å². The molecule has 3 heteroatoms. The van der Waals surface area contributed by atoms with Gasteiger partial charge >= 0.3 is 5.97 Å². The van der Waals surface area contributed by atoms with Gasteiger partial charge in [0.15, 0.2) is 0 Å². The minimum absolute atomic E-state index is 0.305. The maximum atomic E-state index is 10.9. The van der Waals surface area contributed by atoms with Crippen LogP contribution >= 0.6 is 0 Å². The van der Waals surface area contributed by atoms with E-state index in [0.717, 1.165) is 30.6 Å². The minimum Gasteiger partial charge on any atom is -0.490 e. The largest absolute Gasteiger partial charge is 0.490 e. The first-order chi connectivity index (χ1) is 9.70. The number of fused-ring (bicyclic) bond motifs is 1. The molecule has 2 rings (SSSR count). The number of ether oxygens (including phenoxy) is 1. The molecule has 0 unspecified atom stereocenters. The molecule has 110 valence electrons. The molecule has 1 aromatic rings. The summed E-state index contributed by atoms with van der Waals surface area (Å²) in [4.78, 5) is 10.9. The summed E-state index contributed by atoms with van der Waals surface area (Å²) >= 11 is 0. The van der Waals surface area contributed by atoms with Crippen molar-refractivity contribution in [1.82, 2.24) is 0 Å². The summed E-state index contributed by atoms with van der Waals surface area (Å²) < 4.78 is 5.98. The lowest BCUT2D eigenvalue weighted by molar-refractivity contribution is 0.0696. The summed E-state index contributed by atoms with van der Waals surface area (Å²) in [6, 6.07) is 5.18. The van der Waals surface area contributed by atoms with Gasteiger partial charge in [-0.2, -0.15) is 0 Å². The molecule has 0 amide bonds. The molecule has 0 radical (unpaired) electrons. The zero-order valence-corrected chi connectivity index (χ0v) is 12.2. The first-order valence-corrected chi connectivity index (χ1v) is 7.73. The van der Waals surface area contributed by atoms with Crippen LogP contribution in [0, 0.1) is 0 Å². The van der Waals surface area contributed by atoms with Crippen molar-refractivity contribution in [2.75, 3.05) is 0 Å². The number of hydrogen-bond donors (Lipinski definition) is 1. The molecule has 0 aromatic heterocycles. The molecule has 1 atom stereocenters. The summed E-state index contributed by atoms with van der Waals surface area (Å²) in [7, 11) is 0. The molecule has 1 aliphatic heterocycles. The Morgan fingerprint density at radius 3 is 2.85 bits per heavy atom. The Morgan fingerprint density at radius 1 is 1.30 bits per heavy atom. The predicted molar refractivity (Wildman–Crippen MR) is 79.5 cm³/mol. The standard InChI is InChI=1S/C17H24O3/c1-2-3-4-5-6-7-15-10-8-13-12-14(17(18)19)9-11-16(13)20-15/h9,11-12,15H,2-8,10H2,1H3,(H,18,19)/t15-/m1/s1. The molecular formula is C17H24O3. The van der Waals surface area contributed by atoms with Crippen molar-refractivity contribution < 1.29 is 14.6 Å². The van der Waals surface area contributed by atoms with Crippen LogP contribution in [0.4, 0.5) is 0 Å². The van der Waals surface area contributed by atoms with Crippen LogP contribution in [0.5, 0.6) is 5.75 Å². The van der Waals surface area contributed by atoms with E-state index < -0.39 is 5.97 Å². The molecule has 0 saturated heterocycles. The van der Waals surface area contributed by atoms with Crippen LogP contribution in [-0.4, -0.2) is 17.2 Å². The lowest BCUT2D eigenvalue weighted by atomic mass is 9.97. The molecule has 1 heterocycles. The number of aromatic carboxylic acids is 1. The molecule has 0 spiro atoms. The Morgan fingerprint density at radius 2 is 2.10 bits per heavy atom. The van der Waals surface area contributed by atoms with Crippen molar-refractivity contribution >= 4 is 5.97 Å². The van der Waals surface area contributed by atoms with E-state index in [2.05, 4.69) is 6.92 Å². The number of carboxylic acid groups (broad SMARTS) is 1. The van der Waals surface area contributed by atoms with Crippen LogP contribution in [0.15, 0.2) is 18.2 Å². The quantitative estimate of drug-likeness (QED) is 0.749. The van der Waals surface area contributed by atoms with E-state index in [-0.39, 0.29) is 0 Å². The number of benzene rings is 1. The normalized spacial score (nSPS) is 17.4. The second-order valence-corrected chi connectivity index (χ2v) is 5.61. The Kier molecular flexibility index (Phi) is 5.45. The lowest BCUT2D eigenvalue weighted by Crippen LogP contribution is -2.22. The summed E-state index contributed by atoms with van der Waals surface area (Å²) in [5.74, 6) is 0.00524. The number of hydrogen-bond acceptors (Lipinski definition) is 2. The maximum Gasteiger partial charge on any atom is 0.335 e. The van der Waals surface area contributed by atoms with Gasteiger partial charge in [-0.25, -0.2) is 4.79 Å². The fourth-order valence-electron chi connectivity index (χ4n) is 2.76. The van der Waals surface area contributed by atoms with Gasteiger partial charge in [-0.15, -0.1) is 0 Å². The third-order valence-corrected chi connectivity index (χ3v) is 3.97. The molecule has 0 fully saturated rings. The van der Waals surface area contributed by atoms with Crippen molar-refractivity contribution in [1.29, 1.82) is 0 Å². The predicted octanol–water partition coefficient (Wildman–Crippen LogP) is 4.44. The van der Waals surface area contributed by atoms with Gasteiger partial charge in [-0.3, -0.25) is 0 Å². The zero-order chi connectivity index (χ0) is 14.4. The molecular weight excluding hydrogens is 252 g/mol. The van der Waals surface area contributed by atoms with Crippen molar-refractivity contribution in [2.45, 2.75) is 64.4 Å². The van der Waals surface area contributed by atoms with E-state index in [4.69, 9.17) is 9.84 Å². The van der Waals surface area contributed by atoms with Crippen LogP contribution in [0.1, 0.15) is 67.8 Å². The van der Waals surface area contributed by atoms with Gasteiger partial charge in [-0.1, -0.05) is 32.6 Å². The Balaban J connectivity index is 1.83. The Bertz CT molecular complexity index is 454. The fourth-order valence-corrected chi connectivity index (χ4v) is 2.76. The van der Waals surface area contributed by atoms with E-state index in [0.29, 0.717) is 11.7 Å². The molecule has 0 saturated carbocycles. The average Bonchev–Trinajstić information content (AvgIpc) is 2.46. The second kappa shape index (κ2) is 7.32. The summed E-state index contributed by atoms with van der Waals surface area (Å²) in [6.45, 7) is 2.23. The monoisotopic (exact) mass is 276 g/mol. The molecule has 1 N–H and O–H groups in total. The number of carbonyl (C=O) groups is 1. The van der Waals surface area contributed by atoms with Crippen molar-refractivity contribution in [3.05, 3.63) is 29.3 Å².